The molecule has 4 N–H and O–H groups in total. The van der Waals surface area contributed by atoms with E-state index in [0.717, 1.165) is 5.57 Å². The van der Waals surface area contributed by atoms with Gasteiger partial charge >= 0.3 is 5.97 Å². The van der Waals surface area contributed by atoms with E-state index in [2.05, 4.69) is 5.32 Å². The average molecular weight is 673 g/mol. The second kappa shape index (κ2) is 13.3. The van der Waals surface area contributed by atoms with Crippen LogP contribution in [0.25, 0.3) is 0 Å². The molecular weight excluding hydrogens is 623 g/mol. The Morgan fingerprint density at radius 1 is 1.21 bits per heavy atom. The summed E-state index contributed by atoms with van der Waals surface area (Å²) >= 11 is 1.32. The summed E-state index contributed by atoms with van der Waals surface area (Å²) in [5.41, 5.74) is 3.39. The molecule has 10 atom stereocenters. The topological polar surface area (TPSA) is 145 Å². The SMILES string of the molecule is CO[C@]1(C(=O)COC(=O)c2cscc2CCNC(=O)[C@@H](N)C(C)C)[C@H](C)C[C@H]2[C@@H]3CCC4=CC(=O)C=C[C@@H](C)C4[C@@]3(F)[C@@H](O)C[C@@]21C. The van der Waals surface area contributed by atoms with Gasteiger partial charge in [-0.1, -0.05) is 46.3 Å². The number of thiophene rings is 1. The number of ether oxygens (including phenoxy) is 2. The number of halogens is 1. The number of nitrogens with one attached hydrogen (secondary N) is 1. The monoisotopic (exact) mass is 672 g/mol. The molecule has 1 aromatic heterocycles. The Kier molecular flexibility index (Phi) is 10.1. The highest BCUT2D eigenvalue weighted by Gasteiger charge is 2.74. The van der Waals surface area contributed by atoms with E-state index >= 15 is 4.39 Å². The number of hydrogen-bond acceptors (Lipinski definition) is 9. The van der Waals surface area contributed by atoms with Gasteiger partial charge < -0.3 is 25.6 Å². The molecular formula is C36H49FN2O7S. The molecule has 0 spiro atoms. The van der Waals surface area contributed by atoms with Crippen molar-refractivity contribution in [3.8, 4) is 0 Å². The zero-order chi connectivity index (χ0) is 34.5. The van der Waals surface area contributed by atoms with Crippen LogP contribution in [0.2, 0.25) is 0 Å². The first-order valence-corrected chi connectivity index (χ1v) is 17.7. The number of allylic oxidation sites excluding steroid dienone is 4. The highest BCUT2D eigenvalue weighted by atomic mass is 32.1. The van der Waals surface area contributed by atoms with Gasteiger partial charge in [-0.25, -0.2) is 9.18 Å². The molecule has 0 radical (unpaired) electrons. The Hall–Kier alpha value is -2.73. The Bertz CT molecular complexity index is 1470. The number of methoxy groups -OCH3 is 1. The summed E-state index contributed by atoms with van der Waals surface area (Å²) in [6.45, 7) is 9.22. The van der Waals surface area contributed by atoms with Crippen molar-refractivity contribution in [2.75, 3.05) is 20.3 Å². The van der Waals surface area contributed by atoms with Crippen molar-refractivity contribution in [3.63, 3.8) is 0 Å². The summed E-state index contributed by atoms with van der Waals surface area (Å²) in [5.74, 6) is -3.54. The number of carbonyl (C=O) groups is 4. The second-order valence-corrected chi connectivity index (χ2v) is 15.5. The lowest BCUT2D eigenvalue weighted by molar-refractivity contribution is -0.218. The maximum absolute atomic E-state index is 17.6. The van der Waals surface area contributed by atoms with E-state index in [1.54, 1.807) is 11.5 Å². The molecule has 4 aliphatic carbocycles. The lowest BCUT2D eigenvalue weighted by Crippen LogP contribution is -2.68. The zero-order valence-corrected chi connectivity index (χ0v) is 29.0. The molecule has 9 nitrogen and oxygen atoms in total. The van der Waals surface area contributed by atoms with Crippen LogP contribution in [-0.2, 0) is 30.3 Å². The van der Waals surface area contributed by atoms with Gasteiger partial charge in [0.15, 0.2) is 12.4 Å². The molecule has 47 heavy (non-hydrogen) atoms. The second-order valence-electron chi connectivity index (χ2n) is 14.7. The lowest BCUT2D eigenvalue weighted by atomic mass is 9.47. The van der Waals surface area contributed by atoms with E-state index in [-0.39, 0.29) is 41.8 Å². The van der Waals surface area contributed by atoms with Gasteiger partial charge in [0.2, 0.25) is 11.7 Å². The number of rotatable bonds is 10. The lowest BCUT2D eigenvalue weighted by Gasteiger charge is -2.60. The number of aliphatic hydroxyl groups is 1. The summed E-state index contributed by atoms with van der Waals surface area (Å²) in [6, 6.07) is -0.623. The van der Waals surface area contributed by atoms with Crippen LogP contribution in [0.1, 0.15) is 76.2 Å². The number of nitrogens with two attached hydrogens (primary N) is 1. The Balaban J connectivity index is 1.32. The van der Waals surface area contributed by atoms with Crippen molar-refractivity contribution in [2.24, 2.45) is 46.7 Å². The number of alkyl halides is 1. The van der Waals surface area contributed by atoms with Crippen molar-refractivity contribution < 1.29 is 38.1 Å². The van der Waals surface area contributed by atoms with E-state index in [4.69, 9.17) is 15.2 Å². The average Bonchev–Trinajstić information content (AvgIpc) is 3.53. The quantitative estimate of drug-likeness (QED) is 0.311. The maximum atomic E-state index is 17.6. The Morgan fingerprint density at radius 2 is 1.94 bits per heavy atom. The highest BCUT2D eigenvalue weighted by Crippen LogP contribution is 2.69. The van der Waals surface area contributed by atoms with Gasteiger partial charge in [0.05, 0.1) is 17.7 Å². The molecule has 0 aromatic carbocycles. The molecule has 1 aromatic rings. The molecule has 0 saturated heterocycles. The van der Waals surface area contributed by atoms with Gasteiger partial charge in [0.1, 0.15) is 11.3 Å². The Morgan fingerprint density at radius 3 is 2.62 bits per heavy atom. The number of hydrogen-bond donors (Lipinski definition) is 3. The number of Topliss-reactive ketones (excluding diaryl/α,β-unsaturated/α-hetero) is 1. The number of esters is 1. The minimum absolute atomic E-state index is 0.00242. The van der Waals surface area contributed by atoms with E-state index in [1.165, 1.54) is 30.6 Å². The van der Waals surface area contributed by atoms with Crippen molar-refractivity contribution in [3.05, 3.63) is 45.7 Å². The van der Waals surface area contributed by atoms with Gasteiger partial charge in [-0.2, -0.15) is 11.3 Å². The number of amides is 1. The van der Waals surface area contributed by atoms with Crippen molar-refractivity contribution >= 4 is 34.8 Å². The summed E-state index contributed by atoms with van der Waals surface area (Å²) < 4.78 is 29.3. The van der Waals surface area contributed by atoms with E-state index in [1.807, 2.05) is 40.0 Å². The Labute approximate surface area is 280 Å². The molecule has 1 heterocycles. The first-order valence-electron chi connectivity index (χ1n) is 16.8. The molecule has 4 aliphatic rings. The number of fused-ring (bicyclic) bond motifs is 5. The van der Waals surface area contributed by atoms with Crippen LogP contribution in [0.4, 0.5) is 4.39 Å². The van der Waals surface area contributed by atoms with Crippen molar-refractivity contribution in [2.45, 2.75) is 90.1 Å². The maximum Gasteiger partial charge on any atom is 0.339 e. The molecule has 3 saturated carbocycles. The molecule has 1 unspecified atom stereocenters. The van der Waals surface area contributed by atoms with Crippen molar-refractivity contribution in [1.82, 2.24) is 5.32 Å². The van der Waals surface area contributed by atoms with Gasteiger partial charge in [-0.3, -0.25) is 14.4 Å². The fourth-order valence-electron chi connectivity index (χ4n) is 9.68. The number of ketones is 2. The molecule has 1 amide bonds. The first-order chi connectivity index (χ1) is 22.1. The summed E-state index contributed by atoms with van der Waals surface area (Å²) in [6.07, 6.45) is 5.29. The van der Waals surface area contributed by atoms with E-state index in [0.29, 0.717) is 43.4 Å². The predicted molar refractivity (Wildman–Crippen MR) is 176 cm³/mol. The molecule has 5 rings (SSSR count). The molecule has 11 heteroatoms. The predicted octanol–water partition coefficient (Wildman–Crippen LogP) is 4.36. The minimum atomic E-state index is -1.96. The minimum Gasteiger partial charge on any atom is -0.454 e. The third kappa shape index (κ3) is 5.74. The van der Waals surface area contributed by atoms with Gasteiger partial charge in [0, 0.05) is 30.4 Å². The van der Waals surface area contributed by atoms with Gasteiger partial charge in [0.25, 0.3) is 0 Å². The van der Waals surface area contributed by atoms with Gasteiger partial charge in [-0.15, -0.1) is 0 Å². The van der Waals surface area contributed by atoms with Crippen LogP contribution >= 0.6 is 11.3 Å². The molecule has 3 fully saturated rings. The third-order valence-electron chi connectivity index (χ3n) is 11.9. The number of aliphatic hydroxyl groups excluding tert-OH is 1. The third-order valence-corrected chi connectivity index (χ3v) is 12.7. The van der Waals surface area contributed by atoms with Crippen LogP contribution in [0, 0.1) is 40.9 Å². The normalized spacial score (nSPS) is 36.9. The van der Waals surface area contributed by atoms with Crippen molar-refractivity contribution in [1.29, 1.82) is 0 Å². The first kappa shape index (κ1) is 35.6. The van der Waals surface area contributed by atoms with Crippen LogP contribution < -0.4 is 11.1 Å². The fourth-order valence-corrected chi connectivity index (χ4v) is 10.5. The molecule has 0 aliphatic heterocycles. The largest absolute Gasteiger partial charge is 0.454 e. The molecule has 0 bridgehead atoms. The van der Waals surface area contributed by atoms with Crippen LogP contribution in [0.15, 0.2) is 34.6 Å². The van der Waals surface area contributed by atoms with Crippen LogP contribution in [-0.4, -0.2) is 72.2 Å². The van der Waals surface area contributed by atoms with E-state index < -0.39 is 59.0 Å². The smallest absolute Gasteiger partial charge is 0.339 e. The highest BCUT2D eigenvalue weighted by molar-refractivity contribution is 7.08. The number of carbonyl (C=O) groups excluding carboxylic acids is 4. The van der Waals surface area contributed by atoms with Crippen LogP contribution in [0.5, 0.6) is 0 Å². The van der Waals surface area contributed by atoms with Crippen LogP contribution in [0.3, 0.4) is 0 Å². The summed E-state index contributed by atoms with van der Waals surface area (Å²) in [7, 11) is 1.47. The summed E-state index contributed by atoms with van der Waals surface area (Å²) in [5, 5.41) is 18.0. The van der Waals surface area contributed by atoms with Gasteiger partial charge in [-0.05, 0) is 84.8 Å². The van der Waals surface area contributed by atoms with E-state index in [9.17, 15) is 24.3 Å². The standard InChI is InChI=1S/C36H49FN2O7S/c1-19(2)31(38)32(43)39-12-11-23-17-47-18-25(23)33(44)46-16-29(42)36(45-6)21(4)13-27-26-10-8-22-14-24(40)9-7-20(3)30(22)35(26,37)28(41)15-34(27,36)5/h7,9,14,17-21,26-28,30-31,41H,8,10-13,15-16,38H2,1-6H3,(H,39,43)/t20-,21-,26+,27+,28+,30?,31+,34+,35+,36+/m1/s1. The fraction of sp³-hybridized carbons (Fsp3) is 0.667. The summed E-state index contributed by atoms with van der Waals surface area (Å²) in [4.78, 5) is 52.0. The zero-order valence-electron chi connectivity index (χ0n) is 28.2. The molecule has 258 valence electrons.